The molecule has 1 fully saturated rings. The topological polar surface area (TPSA) is 21.3 Å². The van der Waals surface area contributed by atoms with Gasteiger partial charge in [0.2, 0.25) is 0 Å². The Morgan fingerprint density at radius 3 is 2.89 bits per heavy atom. The van der Waals surface area contributed by atoms with Crippen molar-refractivity contribution in [1.29, 1.82) is 0 Å². The Kier molecular flexibility index (Phi) is 5.31. The van der Waals surface area contributed by atoms with Crippen LogP contribution in [0.3, 0.4) is 0 Å². The smallest absolute Gasteiger partial charge is 0.0480 e. The Hall–Kier alpha value is -0.280. The second-order valence-electron chi connectivity index (χ2n) is 4.79. The summed E-state index contributed by atoms with van der Waals surface area (Å²) in [5, 5.41) is 5.04. The summed E-state index contributed by atoms with van der Waals surface area (Å²) >= 11 is 12.1. The molecule has 1 saturated heterocycles. The molecule has 4 heteroatoms. The minimum Gasteiger partial charge on any atom is -0.381 e. The lowest BCUT2D eigenvalue weighted by Gasteiger charge is -2.22. The predicted octanol–water partition coefficient (Wildman–Crippen LogP) is 4.21. The first-order chi connectivity index (χ1) is 8.66. The zero-order valence-corrected chi connectivity index (χ0v) is 12.1. The van der Waals surface area contributed by atoms with Gasteiger partial charge in [-0.25, -0.2) is 0 Å². The standard InChI is InChI=1S/C14H19Cl2NO/c1-10(13-5-4-11(15)9-14(13)16)17-12-3-2-7-18-8-6-12/h4-5,9-10,12,17H,2-3,6-8H2,1H3. The van der Waals surface area contributed by atoms with Gasteiger partial charge in [0.25, 0.3) is 0 Å². The van der Waals surface area contributed by atoms with E-state index in [0.717, 1.165) is 43.1 Å². The average molecular weight is 288 g/mol. The maximum atomic E-state index is 6.23. The fourth-order valence-electron chi connectivity index (χ4n) is 2.37. The summed E-state index contributed by atoms with van der Waals surface area (Å²) in [6.07, 6.45) is 3.35. The van der Waals surface area contributed by atoms with Crippen LogP contribution in [0.4, 0.5) is 0 Å². The van der Waals surface area contributed by atoms with Crippen LogP contribution in [-0.2, 0) is 4.74 Å². The lowest BCUT2D eigenvalue weighted by molar-refractivity contribution is 0.142. The van der Waals surface area contributed by atoms with Crippen LogP contribution in [-0.4, -0.2) is 19.3 Å². The highest BCUT2D eigenvalue weighted by Crippen LogP contribution is 2.27. The van der Waals surface area contributed by atoms with Gasteiger partial charge in [-0.1, -0.05) is 29.3 Å². The molecule has 18 heavy (non-hydrogen) atoms. The Labute approximate surface area is 119 Å². The molecule has 0 bridgehead atoms. The molecule has 2 atom stereocenters. The number of rotatable bonds is 3. The van der Waals surface area contributed by atoms with Gasteiger partial charge in [0.15, 0.2) is 0 Å². The van der Waals surface area contributed by atoms with Gasteiger partial charge in [0.1, 0.15) is 0 Å². The third kappa shape index (κ3) is 3.86. The van der Waals surface area contributed by atoms with Gasteiger partial charge in [0, 0.05) is 35.3 Å². The molecular weight excluding hydrogens is 269 g/mol. The van der Waals surface area contributed by atoms with Gasteiger partial charge >= 0.3 is 0 Å². The van der Waals surface area contributed by atoms with Crippen LogP contribution in [0.15, 0.2) is 18.2 Å². The second-order valence-corrected chi connectivity index (χ2v) is 5.64. The van der Waals surface area contributed by atoms with Crippen LogP contribution in [0.2, 0.25) is 10.0 Å². The number of nitrogens with one attached hydrogen (secondary N) is 1. The summed E-state index contributed by atoms with van der Waals surface area (Å²) in [5.41, 5.74) is 1.10. The van der Waals surface area contributed by atoms with Gasteiger partial charge in [0.05, 0.1) is 0 Å². The van der Waals surface area contributed by atoms with E-state index in [0.29, 0.717) is 11.1 Å². The maximum absolute atomic E-state index is 6.23. The van der Waals surface area contributed by atoms with Gasteiger partial charge in [-0.05, 0) is 43.9 Å². The fourth-order valence-corrected chi connectivity index (χ4v) is 2.94. The van der Waals surface area contributed by atoms with Gasteiger partial charge in [-0.3, -0.25) is 0 Å². The molecule has 0 amide bonds. The maximum Gasteiger partial charge on any atom is 0.0480 e. The van der Waals surface area contributed by atoms with Crippen molar-refractivity contribution in [2.24, 2.45) is 0 Å². The van der Waals surface area contributed by atoms with Crippen molar-refractivity contribution >= 4 is 23.2 Å². The molecule has 2 unspecified atom stereocenters. The van der Waals surface area contributed by atoms with Crippen molar-refractivity contribution in [2.75, 3.05) is 13.2 Å². The molecule has 1 N–H and O–H groups in total. The highest BCUT2D eigenvalue weighted by Gasteiger charge is 2.17. The quantitative estimate of drug-likeness (QED) is 0.899. The van der Waals surface area contributed by atoms with E-state index in [1.807, 2.05) is 12.1 Å². The van der Waals surface area contributed by atoms with E-state index < -0.39 is 0 Å². The lowest BCUT2D eigenvalue weighted by atomic mass is 10.0. The van der Waals surface area contributed by atoms with E-state index in [1.54, 1.807) is 6.07 Å². The van der Waals surface area contributed by atoms with E-state index >= 15 is 0 Å². The Morgan fingerprint density at radius 2 is 2.11 bits per heavy atom. The second kappa shape index (κ2) is 6.76. The van der Waals surface area contributed by atoms with Crippen molar-refractivity contribution in [3.8, 4) is 0 Å². The predicted molar refractivity (Wildman–Crippen MR) is 76.5 cm³/mol. The van der Waals surface area contributed by atoms with Gasteiger partial charge in [-0.2, -0.15) is 0 Å². The van der Waals surface area contributed by atoms with E-state index in [-0.39, 0.29) is 6.04 Å². The highest BCUT2D eigenvalue weighted by molar-refractivity contribution is 6.35. The SMILES string of the molecule is CC(NC1CCCOCC1)c1ccc(Cl)cc1Cl. The molecule has 0 radical (unpaired) electrons. The molecular formula is C14H19Cl2NO. The molecule has 0 saturated carbocycles. The summed E-state index contributed by atoms with van der Waals surface area (Å²) < 4.78 is 5.47. The third-order valence-corrected chi connectivity index (χ3v) is 3.93. The molecule has 0 spiro atoms. The molecule has 1 aromatic rings. The van der Waals surface area contributed by atoms with E-state index in [2.05, 4.69) is 12.2 Å². The number of halogens is 2. The van der Waals surface area contributed by atoms with Crippen LogP contribution in [0.25, 0.3) is 0 Å². The fraction of sp³-hybridized carbons (Fsp3) is 0.571. The summed E-state index contributed by atoms with van der Waals surface area (Å²) in [4.78, 5) is 0. The van der Waals surface area contributed by atoms with Crippen LogP contribution in [0.1, 0.15) is 37.8 Å². The van der Waals surface area contributed by atoms with Crippen LogP contribution in [0, 0.1) is 0 Å². The number of hydrogen-bond donors (Lipinski definition) is 1. The minimum atomic E-state index is 0.234. The lowest BCUT2D eigenvalue weighted by Crippen LogP contribution is -2.31. The monoisotopic (exact) mass is 287 g/mol. The van der Waals surface area contributed by atoms with Gasteiger partial charge in [-0.15, -0.1) is 0 Å². The van der Waals surface area contributed by atoms with Crippen molar-refractivity contribution in [3.63, 3.8) is 0 Å². The van der Waals surface area contributed by atoms with Crippen LogP contribution in [0.5, 0.6) is 0 Å². The summed E-state index contributed by atoms with van der Waals surface area (Å²) in [6, 6.07) is 6.42. The first-order valence-corrected chi connectivity index (χ1v) is 7.21. The Balaban J connectivity index is 1.99. The van der Waals surface area contributed by atoms with Crippen LogP contribution < -0.4 is 5.32 Å². The highest BCUT2D eigenvalue weighted by atomic mass is 35.5. The molecule has 2 nitrogen and oxygen atoms in total. The van der Waals surface area contributed by atoms with Crippen LogP contribution >= 0.6 is 23.2 Å². The molecule has 0 aliphatic carbocycles. The number of hydrogen-bond acceptors (Lipinski definition) is 2. The minimum absolute atomic E-state index is 0.234. The zero-order chi connectivity index (χ0) is 13.0. The Bertz CT molecular complexity index is 389. The van der Waals surface area contributed by atoms with E-state index in [4.69, 9.17) is 27.9 Å². The summed E-state index contributed by atoms with van der Waals surface area (Å²) in [5.74, 6) is 0. The van der Waals surface area contributed by atoms with Crippen molar-refractivity contribution in [2.45, 2.75) is 38.3 Å². The molecule has 100 valence electrons. The Morgan fingerprint density at radius 1 is 1.28 bits per heavy atom. The zero-order valence-electron chi connectivity index (χ0n) is 10.6. The average Bonchev–Trinajstić information content (AvgIpc) is 2.57. The normalized spacial score (nSPS) is 22.5. The van der Waals surface area contributed by atoms with E-state index in [1.165, 1.54) is 0 Å². The first kappa shape index (κ1) is 14.1. The van der Waals surface area contributed by atoms with Crippen molar-refractivity contribution in [3.05, 3.63) is 33.8 Å². The van der Waals surface area contributed by atoms with Crippen molar-refractivity contribution in [1.82, 2.24) is 5.32 Å². The third-order valence-electron chi connectivity index (χ3n) is 3.37. The molecule has 1 aromatic carbocycles. The van der Waals surface area contributed by atoms with Gasteiger partial charge < -0.3 is 10.1 Å². The largest absolute Gasteiger partial charge is 0.381 e. The molecule has 2 rings (SSSR count). The number of ether oxygens (including phenoxy) is 1. The summed E-state index contributed by atoms with van der Waals surface area (Å²) in [6.45, 7) is 3.87. The first-order valence-electron chi connectivity index (χ1n) is 6.45. The van der Waals surface area contributed by atoms with Crippen molar-refractivity contribution < 1.29 is 4.74 Å². The van der Waals surface area contributed by atoms with E-state index in [9.17, 15) is 0 Å². The molecule has 1 heterocycles. The molecule has 0 aromatic heterocycles. The summed E-state index contributed by atoms with van der Waals surface area (Å²) in [7, 11) is 0. The molecule has 1 aliphatic heterocycles. The number of benzene rings is 1. The molecule has 1 aliphatic rings.